The lowest BCUT2D eigenvalue weighted by atomic mass is 9.93. The largest absolute Gasteiger partial charge is 0.492 e. The van der Waals surface area contributed by atoms with Crippen LogP contribution in [0.25, 0.3) is 0 Å². The quantitative estimate of drug-likeness (QED) is 0.307. The number of benzene rings is 3. The number of hydrogen-bond acceptors (Lipinski definition) is 5. The first-order valence-electron chi connectivity index (χ1n) is 12.0. The molecule has 0 saturated heterocycles. The smallest absolute Gasteiger partial charge is 0.328 e. The minimum Gasteiger partial charge on any atom is -0.492 e. The number of ether oxygens (including phenoxy) is 2. The van der Waals surface area contributed by atoms with Gasteiger partial charge in [0.1, 0.15) is 12.7 Å². The molecule has 0 fully saturated rings. The number of aliphatic carboxylic acids is 1. The number of nitrogens with zero attached hydrogens (tertiary/aromatic N) is 1. The van der Waals surface area contributed by atoms with E-state index in [1.54, 1.807) is 36.4 Å². The number of aliphatic hydroxyl groups is 1. The number of aliphatic hydroxyl groups excluding tert-OH is 1. The van der Waals surface area contributed by atoms with Crippen LogP contribution in [0.15, 0.2) is 78.9 Å². The number of carbonyl (C=O) groups excluding carboxylic acids is 1. The number of anilines is 1. The van der Waals surface area contributed by atoms with E-state index in [1.165, 1.54) is 12.0 Å². The van der Waals surface area contributed by atoms with Gasteiger partial charge in [-0.1, -0.05) is 74.8 Å². The first-order chi connectivity index (χ1) is 18.0. The Morgan fingerprint density at radius 1 is 1.00 bits per heavy atom. The number of rotatable bonds is 10. The average molecular weight is 538 g/mol. The predicted octanol–water partition coefficient (Wildman–Crippen LogP) is 6.03. The molecule has 3 aromatic rings. The van der Waals surface area contributed by atoms with Crippen molar-refractivity contribution >= 4 is 29.2 Å². The highest BCUT2D eigenvalue weighted by atomic mass is 35.5. The third-order valence-electron chi connectivity index (χ3n) is 5.59. The van der Waals surface area contributed by atoms with Gasteiger partial charge in [-0.05, 0) is 35.2 Å². The molecule has 3 rings (SSSR count). The van der Waals surface area contributed by atoms with Gasteiger partial charge < -0.3 is 24.6 Å². The predicted molar refractivity (Wildman–Crippen MR) is 148 cm³/mol. The summed E-state index contributed by atoms with van der Waals surface area (Å²) in [6.07, 6.45) is 0.551. The van der Waals surface area contributed by atoms with Crippen LogP contribution in [0, 0.1) is 5.41 Å². The monoisotopic (exact) mass is 537 g/mol. The molecular formula is C30H32ClNO6. The van der Waals surface area contributed by atoms with E-state index in [1.807, 2.05) is 51.1 Å². The van der Waals surface area contributed by atoms with Crippen LogP contribution in [0.4, 0.5) is 5.69 Å². The highest BCUT2D eigenvalue weighted by molar-refractivity contribution is 6.30. The lowest BCUT2D eigenvalue weighted by molar-refractivity contribution is -0.131. The van der Waals surface area contributed by atoms with Crippen molar-refractivity contribution < 1.29 is 29.3 Å². The summed E-state index contributed by atoms with van der Waals surface area (Å²) in [5, 5.41) is 21.0. The fourth-order valence-electron chi connectivity index (χ4n) is 3.96. The number of hydrogen-bond donors (Lipinski definition) is 2. The van der Waals surface area contributed by atoms with Gasteiger partial charge in [0, 0.05) is 34.8 Å². The SMILES string of the molecule is COc1c(OCc2ccccc2)cccc1C(O)c1cc(Cl)ccc1N(CC(C)(C)C)C(=O)/C=C/C(=O)O. The lowest BCUT2D eigenvalue weighted by Gasteiger charge is -2.32. The Balaban J connectivity index is 2.05. The van der Waals surface area contributed by atoms with Gasteiger partial charge in [-0.25, -0.2) is 4.79 Å². The minimum absolute atomic E-state index is 0.258. The average Bonchev–Trinajstić information content (AvgIpc) is 2.88. The zero-order valence-corrected chi connectivity index (χ0v) is 22.6. The Kier molecular flexibility index (Phi) is 9.55. The normalized spacial score (nSPS) is 12.3. The molecule has 7 nitrogen and oxygen atoms in total. The minimum atomic E-state index is -1.24. The number of methoxy groups -OCH3 is 1. The van der Waals surface area contributed by atoms with Gasteiger partial charge in [0.25, 0.3) is 5.91 Å². The Labute approximate surface area is 227 Å². The Morgan fingerprint density at radius 3 is 2.34 bits per heavy atom. The van der Waals surface area contributed by atoms with Gasteiger partial charge in [0.05, 0.1) is 12.8 Å². The molecule has 0 bridgehead atoms. The maximum atomic E-state index is 13.1. The molecule has 2 N–H and O–H groups in total. The molecule has 1 unspecified atom stereocenters. The van der Waals surface area contributed by atoms with Gasteiger partial charge >= 0.3 is 5.97 Å². The number of carboxylic acid groups (broad SMARTS) is 1. The van der Waals surface area contributed by atoms with Crippen molar-refractivity contribution in [1.82, 2.24) is 0 Å². The van der Waals surface area contributed by atoms with Crippen molar-refractivity contribution in [3.8, 4) is 11.5 Å². The molecule has 0 heterocycles. The zero-order valence-electron chi connectivity index (χ0n) is 21.8. The van der Waals surface area contributed by atoms with Crippen molar-refractivity contribution in [3.05, 3.63) is 101 Å². The zero-order chi connectivity index (χ0) is 27.9. The van der Waals surface area contributed by atoms with Crippen LogP contribution < -0.4 is 14.4 Å². The third kappa shape index (κ3) is 7.60. The van der Waals surface area contributed by atoms with Crippen molar-refractivity contribution in [2.45, 2.75) is 33.5 Å². The molecule has 1 amide bonds. The summed E-state index contributed by atoms with van der Waals surface area (Å²) >= 11 is 6.33. The van der Waals surface area contributed by atoms with Gasteiger partial charge in [-0.3, -0.25) is 4.79 Å². The molecule has 0 radical (unpaired) electrons. The van der Waals surface area contributed by atoms with Crippen molar-refractivity contribution in [1.29, 1.82) is 0 Å². The molecule has 0 aromatic heterocycles. The van der Waals surface area contributed by atoms with Crippen molar-refractivity contribution in [2.75, 3.05) is 18.6 Å². The topological polar surface area (TPSA) is 96.3 Å². The van der Waals surface area contributed by atoms with Crippen LogP contribution in [0.3, 0.4) is 0 Å². The second-order valence-electron chi connectivity index (χ2n) is 9.92. The summed E-state index contributed by atoms with van der Waals surface area (Å²) in [5.74, 6) is -0.975. The van der Waals surface area contributed by atoms with Gasteiger partial charge in [0.15, 0.2) is 11.5 Å². The molecule has 200 valence electrons. The number of carboxylic acids is 1. The fraction of sp³-hybridized carbons (Fsp3) is 0.267. The maximum Gasteiger partial charge on any atom is 0.328 e. The van der Waals surface area contributed by atoms with E-state index >= 15 is 0 Å². The fourth-order valence-corrected chi connectivity index (χ4v) is 4.14. The molecule has 0 saturated carbocycles. The second-order valence-corrected chi connectivity index (χ2v) is 10.4. The van der Waals surface area contributed by atoms with Crippen LogP contribution in [0.5, 0.6) is 11.5 Å². The summed E-state index contributed by atoms with van der Waals surface area (Å²) in [7, 11) is 1.49. The molecule has 8 heteroatoms. The Hall–Kier alpha value is -3.81. The van der Waals surface area contributed by atoms with Gasteiger partial charge in [-0.2, -0.15) is 0 Å². The Morgan fingerprint density at radius 2 is 1.71 bits per heavy atom. The van der Waals surface area contributed by atoms with E-state index in [4.69, 9.17) is 26.2 Å². The standard InChI is InChI=1S/C30H32ClNO6/c1-30(2,3)19-32(26(33)15-16-27(34)35)24-14-13-21(31)17-23(24)28(36)22-11-8-12-25(29(22)37-4)38-18-20-9-6-5-7-10-20/h5-17,28,36H,18-19H2,1-4H3,(H,34,35)/b16-15+. The molecule has 38 heavy (non-hydrogen) atoms. The van der Waals surface area contributed by atoms with E-state index < -0.39 is 18.0 Å². The molecule has 0 aliphatic rings. The summed E-state index contributed by atoms with van der Waals surface area (Å²) in [4.78, 5) is 25.6. The van der Waals surface area contributed by atoms with Crippen LogP contribution in [-0.4, -0.2) is 35.7 Å². The molecule has 0 aliphatic heterocycles. The summed E-state index contributed by atoms with van der Waals surface area (Å²) in [6.45, 7) is 6.43. The summed E-state index contributed by atoms with van der Waals surface area (Å²) in [6, 6.07) is 19.7. The van der Waals surface area contributed by atoms with Gasteiger partial charge in [0.2, 0.25) is 0 Å². The van der Waals surface area contributed by atoms with Crippen LogP contribution >= 0.6 is 11.6 Å². The number of amides is 1. The highest BCUT2D eigenvalue weighted by Crippen LogP contribution is 2.41. The summed E-state index contributed by atoms with van der Waals surface area (Å²) in [5.41, 5.74) is 1.82. The molecule has 0 aliphatic carbocycles. The van der Waals surface area contributed by atoms with Gasteiger partial charge in [-0.15, -0.1) is 0 Å². The van der Waals surface area contributed by atoms with E-state index in [0.29, 0.717) is 39.9 Å². The molecule has 3 aromatic carbocycles. The number of para-hydroxylation sites is 1. The van der Waals surface area contributed by atoms with E-state index in [9.17, 15) is 14.7 Å². The van der Waals surface area contributed by atoms with Crippen LogP contribution in [0.2, 0.25) is 5.02 Å². The third-order valence-corrected chi connectivity index (χ3v) is 5.82. The summed E-state index contributed by atoms with van der Waals surface area (Å²) < 4.78 is 11.7. The van der Waals surface area contributed by atoms with Crippen molar-refractivity contribution in [2.24, 2.45) is 5.41 Å². The van der Waals surface area contributed by atoms with Crippen LogP contribution in [-0.2, 0) is 16.2 Å². The second kappa shape index (κ2) is 12.6. The molecule has 1 atom stereocenters. The first-order valence-corrected chi connectivity index (χ1v) is 12.4. The van der Waals surface area contributed by atoms with Crippen LogP contribution in [0.1, 0.15) is 43.6 Å². The van der Waals surface area contributed by atoms with Crippen molar-refractivity contribution in [3.63, 3.8) is 0 Å². The maximum absolute atomic E-state index is 13.1. The first kappa shape index (κ1) is 28.8. The molecular weight excluding hydrogens is 506 g/mol. The van der Waals surface area contributed by atoms with E-state index in [0.717, 1.165) is 17.7 Å². The number of halogens is 1. The lowest BCUT2D eigenvalue weighted by Crippen LogP contribution is -2.37. The number of carbonyl (C=O) groups is 2. The van der Waals surface area contributed by atoms with E-state index in [2.05, 4.69) is 0 Å². The Bertz CT molecular complexity index is 1300. The molecule has 0 spiro atoms. The highest BCUT2D eigenvalue weighted by Gasteiger charge is 2.28. The van der Waals surface area contributed by atoms with E-state index in [-0.39, 0.29) is 12.0 Å².